The molecule has 1 N–H and O–H groups in total. The predicted octanol–water partition coefficient (Wildman–Crippen LogP) is 1.35. The minimum Gasteiger partial charge on any atom is -0.549 e. The summed E-state index contributed by atoms with van der Waals surface area (Å²) in [5.74, 6) is -1.15. The first-order chi connectivity index (χ1) is 9.95. The van der Waals surface area contributed by atoms with Crippen molar-refractivity contribution in [1.29, 1.82) is 0 Å². The zero-order valence-corrected chi connectivity index (χ0v) is 12.6. The monoisotopic (exact) mass is 301 g/mol. The van der Waals surface area contributed by atoms with Gasteiger partial charge in [-0.2, -0.15) is 0 Å². The van der Waals surface area contributed by atoms with E-state index in [4.69, 9.17) is 0 Å². The number of hydrogen-bond acceptors (Lipinski definition) is 6. The summed E-state index contributed by atoms with van der Waals surface area (Å²) in [5, 5.41) is 19.5. The second-order valence-electron chi connectivity index (χ2n) is 5.00. The van der Waals surface area contributed by atoms with Gasteiger partial charge in [0.15, 0.2) is 5.65 Å². The van der Waals surface area contributed by atoms with Crippen LogP contribution in [0.2, 0.25) is 0 Å². The lowest BCUT2D eigenvalue weighted by Crippen LogP contribution is -2.31. The number of carbonyl (C=O) groups is 1. The molecule has 3 rings (SSSR count). The van der Waals surface area contributed by atoms with E-state index in [1.165, 1.54) is 6.92 Å². The van der Waals surface area contributed by atoms with Crippen LogP contribution in [0.4, 0.5) is 0 Å². The lowest BCUT2D eigenvalue weighted by molar-refractivity contribution is -0.304. The number of H-pyrrole nitrogens is 1. The molecule has 0 saturated heterocycles. The van der Waals surface area contributed by atoms with Crippen molar-refractivity contribution >= 4 is 39.8 Å². The zero-order chi connectivity index (χ0) is 15.1. The van der Waals surface area contributed by atoms with Gasteiger partial charge in [0.25, 0.3) is 0 Å². The molecule has 0 amide bonds. The van der Waals surface area contributed by atoms with Crippen LogP contribution < -0.4 is 5.11 Å². The van der Waals surface area contributed by atoms with Gasteiger partial charge in [-0.05, 0) is 32.4 Å². The number of carboxylic acid groups (broad SMARTS) is 1. The number of aryl methyl sites for hydroxylation is 2. The summed E-state index contributed by atoms with van der Waals surface area (Å²) in [6.45, 7) is 5.58. The standard InChI is InChI=1S/C14H14N4O2S/c1-6-4-7(2)10-9(5-6)11-12(15-10)16-14(18-17-11)21-8(3)13(19)20/h4-5,8H,1-3H3,(H,19,20)(H,15,16,18)/p-1/t8-/m0/s1. The van der Waals surface area contributed by atoms with Gasteiger partial charge >= 0.3 is 0 Å². The van der Waals surface area contributed by atoms with E-state index in [0.29, 0.717) is 16.3 Å². The molecule has 0 aliphatic rings. The number of thioether (sulfide) groups is 1. The second kappa shape index (κ2) is 5.00. The lowest BCUT2D eigenvalue weighted by Gasteiger charge is -2.09. The Labute approximate surface area is 125 Å². The number of carbonyl (C=O) groups excluding carboxylic acids is 1. The molecule has 0 saturated carbocycles. The number of nitrogens with one attached hydrogen (secondary N) is 1. The number of benzene rings is 1. The summed E-state index contributed by atoms with van der Waals surface area (Å²) >= 11 is 1.02. The highest BCUT2D eigenvalue weighted by Crippen LogP contribution is 2.27. The Hall–Kier alpha value is -2.15. The Balaban J connectivity index is 2.12. The van der Waals surface area contributed by atoms with Gasteiger partial charge in [0.2, 0.25) is 5.16 Å². The number of fused-ring (bicyclic) bond motifs is 3. The molecular weight excluding hydrogens is 288 g/mol. The molecule has 0 spiro atoms. The van der Waals surface area contributed by atoms with Crippen LogP contribution in [0.5, 0.6) is 0 Å². The fraction of sp³-hybridized carbons (Fsp3) is 0.286. The van der Waals surface area contributed by atoms with Crippen molar-refractivity contribution in [2.75, 3.05) is 0 Å². The Kier molecular flexibility index (Phi) is 3.29. The van der Waals surface area contributed by atoms with Crippen LogP contribution in [0.25, 0.3) is 22.1 Å². The molecule has 0 fully saturated rings. The summed E-state index contributed by atoms with van der Waals surface area (Å²) in [4.78, 5) is 18.3. The molecule has 1 atom stereocenters. The summed E-state index contributed by atoms with van der Waals surface area (Å²) in [5.41, 5.74) is 4.55. The van der Waals surface area contributed by atoms with E-state index >= 15 is 0 Å². The third-order valence-corrected chi connectivity index (χ3v) is 4.19. The first-order valence-electron chi connectivity index (χ1n) is 6.46. The molecule has 0 bridgehead atoms. The average Bonchev–Trinajstić information content (AvgIpc) is 2.77. The number of aromatic amines is 1. The highest BCUT2D eigenvalue weighted by molar-refractivity contribution is 8.00. The maximum absolute atomic E-state index is 10.8. The highest BCUT2D eigenvalue weighted by Gasteiger charge is 2.13. The van der Waals surface area contributed by atoms with Crippen molar-refractivity contribution in [1.82, 2.24) is 20.2 Å². The third-order valence-electron chi connectivity index (χ3n) is 3.26. The largest absolute Gasteiger partial charge is 0.549 e. The van der Waals surface area contributed by atoms with Crippen LogP contribution in [0, 0.1) is 13.8 Å². The minimum absolute atomic E-state index is 0.320. The van der Waals surface area contributed by atoms with E-state index in [1.807, 2.05) is 19.9 Å². The molecular formula is C14H13N4O2S-. The van der Waals surface area contributed by atoms with E-state index in [-0.39, 0.29) is 0 Å². The highest BCUT2D eigenvalue weighted by atomic mass is 32.2. The Bertz CT molecular complexity index is 859. The Morgan fingerprint density at radius 1 is 1.33 bits per heavy atom. The molecule has 0 aliphatic heterocycles. The fourth-order valence-electron chi connectivity index (χ4n) is 2.27. The predicted molar refractivity (Wildman–Crippen MR) is 79.0 cm³/mol. The SMILES string of the molecule is Cc1cc(C)c2[nH]c3nc(S[C@@H](C)C(=O)[O-])nnc3c2c1. The molecule has 7 heteroatoms. The van der Waals surface area contributed by atoms with Crippen LogP contribution in [0.1, 0.15) is 18.1 Å². The molecule has 21 heavy (non-hydrogen) atoms. The molecule has 1 aromatic carbocycles. The van der Waals surface area contributed by atoms with E-state index in [1.54, 1.807) is 0 Å². The summed E-state index contributed by atoms with van der Waals surface area (Å²) < 4.78 is 0. The number of nitrogens with zero attached hydrogens (tertiary/aromatic N) is 3. The van der Waals surface area contributed by atoms with Crippen molar-refractivity contribution in [3.8, 4) is 0 Å². The summed E-state index contributed by atoms with van der Waals surface area (Å²) in [6.07, 6.45) is 0. The quantitative estimate of drug-likeness (QED) is 0.734. The van der Waals surface area contributed by atoms with Crippen molar-refractivity contribution in [3.63, 3.8) is 0 Å². The van der Waals surface area contributed by atoms with E-state index in [2.05, 4.69) is 26.2 Å². The number of aliphatic carboxylic acids is 1. The zero-order valence-electron chi connectivity index (χ0n) is 11.8. The molecule has 108 valence electrons. The van der Waals surface area contributed by atoms with Crippen molar-refractivity contribution in [3.05, 3.63) is 23.3 Å². The average molecular weight is 301 g/mol. The fourth-order valence-corrected chi connectivity index (χ4v) is 2.92. The van der Waals surface area contributed by atoms with Gasteiger partial charge < -0.3 is 14.9 Å². The summed E-state index contributed by atoms with van der Waals surface area (Å²) in [6, 6.07) is 4.12. The molecule has 3 aromatic rings. The van der Waals surface area contributed by atoms with Crippen LogP contribution in [-0.4, -0.2) is 31.4 Å². The minimum atomic E-state index is -1.15. The van der Waals surface area contributed by atoms with Crippen molar-refractivity contribution in [2.45, 2.75) is 31.2 Å². The Morgan fingerprint density at radius 3 is 2.81 bits per heavy atom. The van der Waals surface area contributed by atoms with Gasteiger partial charge in [0, 0.05) is 10.6 Å². The van der Waals surface area contributed by atoms with E-state index in [0.717, 1.165) is 33.8 Å². The number of rotatable bonds is 3. The van der Waals surface area contributed by atoms with Gasteiger partial charge in [0.1, 0.15) is 5.52 Å². The van der Waals surface area contributed by atoms with Crippen LogP contribution in [0.15, 0.2) is 17.3 Å². The lowest BCUT2D eigenvalue weighted by atomic mass is 10.1. The van der Waals surface area contributed by atoms with Crippen LogP contribution in [-0.2, 0) is 4.79 Å². The first-order valence-corrected chi connectivity index (χ1v) is 7.34. The smallest absolute Gasteiger partial charge is 0.211 e. The van der Waals surface area contributed by atoms with Gasteiger partial charge in [-0.3, -0.25) is 0 Å². The molecule has 2 aromatic heterocycles. The number of aromatic nitrogens is 4. The maximum Gasteiger partial charge on any atom is 0.211 e. The van der Waals surface area contributed by atoms with Gasteiger partial charge in [-0.25, -0.2) is 4.98 Å². The van der Waals surface area contributed by atoms with Crippen molar-refractivity contribution in [2.24, 2.45) is 0 Å². The maximum atomic E-state index is 10.8. The molecule has 6 nitrogen and oxygen atoms in total. The van der Waals surface area contributed by atoms with Crippen LogP contribution >= 0.6 is 11.8 Å². The first kappa shape index (κ1) is 13.8. The van der Waals surface area contributed by atoms with Crippen LogP contribution in [0.3, 0.4) is 0 Å². The molecule has 0 aliphatic carbocycles. The van der Waals surface area contributed by atoms with Gasteiger partial charge in [-0.15, -0.1) is 10.2 Å². The van der Waals surface area contributed by atoms with E-state index < -0.39 is 11.2 Å². The molecule has 0 unspecified atom stereocenters. The third kappa shape index (κ3) is 2.44. The topological polar surface area (TPSA) is 94.6 Å². The van der Waals surface area contributed by atoms with Gasteiger partial charge in [-0.1, -0.05) is 23.4 Å². The summed E-state index contributed by atoms with van der Waals surface area (Å²) in [7, 11) is 0. The Morgan fingerprint density at radius 2 is 2.10 bits per heavy atom. The number of carboxylic acids is 1. The normalized spacial score (nSPS) is 12.9. The second-order valence-corrected chi connectivity index (χ2v) is 6.31. The van der Waals surface area contributed by atoms with Crippen molar-refractivity contribution < 1.29 is 9.90 Å². The van der Waals surface area contributed by atoms with E-state index in [9.17, 15) is 9.90 Å². The number of hydrogen-bond donors (Lipinski definition) is 1. The molecule has 2 heterocycles. The molecule has 0 radical (unpaired) electrons. The van der Waals surface area contributed by atoms with Gasteiger partial charge in [0.05, 0.1) is 11.5 Å².